The number of aromatic amines is 1. The number of thioether (sulfide) groups is 1. The average Bonchev–Trinajstić information content (AvgIpc) is 2.89. The van der Waals surface area contributed by atoms with Gasteiger partial charge in [-0.1, -0.05) is 35.5 Å². The van der Waals surface area contributed by atoms with E-state index in [4.69, 9.17) is 11.7 Å². The largest absolute Gasteiger partial charge is 0.322 e. The first kappa shape index (κ1) is 13.4. The molecule has 0 radical (unpaired) electrons. The van der Waals surface area contributed by atoms with Crippen LogP contribution in [-0.4, -0.2) is 26.8 Å². The maximum Gasteiger partial charge on any atom is 0.209 e. The number of rotatable bonds is 4. The Morgan fingerprint density at radius 3 is 3.05 bits per heavy atom. The van der Waals surface area contributed by atoms with Gasteiger partial charge >= 0.3 is 0 Å². The molecule has 0 aliphatic heterocycles. The third kappa shape index (κ3) is 3.46. The molecule has 0 amide bonds. The molecule has 0 atom stereocenters. The monoisotopic (exact) mass is 277 g/mol. The molecule has 1 aromatic heterocycles. The minimum Gasteiger partial charge on any atom is -0.322 e. The Kier molecular flexibility index (Phi) is 4.37. The summed E-state index contributed by atoms with van der Waals surface area (Å²) < 4.78 is 0. The summed E-state index contributed by atoms with van der Waals surface area (Å²) in [5.74, 6) is 12.1. The van der Waals surface area contributed by atoms with Gasteiger partial charge in [0.15, 0.2) is 5.82 Å². The molecule has 6 N–H and O–H groups in total. The average molecular weight is 277 g/mol. The van der Waals surface area contributed by atoms with Crippen molar-refractivity contribution in [3.8, 4) is 11.4 Å². The molecule has 1 heterocycles. The van der Waals surface area contributed by atoms with Crippen LogP contribution in [0.25, 0.3) is 11.4 Å². The smallest absolute Gasteiger partial charge is 0.209 e. The van der Waals surface area contributed by atoms with E-state index in [-0.39, 0.29) is 0 Å². The van der Waals surface area contributed by atoms with E-state index in [0.29, 0.717) is 16.7 Å². The second kappa shape index (κ2) is 6.21. The van der Waals surface area contributed by atoms with Crippen molar-refractivity contribution >= 4 is 17.6 Å². The quantitative estimate of drug-likeness (QED) is 0.214. The van der Waals surface area contributed by atoms with Gasteiger partial charge in [-0.05, 0) is 13.0 Å². The molecule has 8 heteroatoms. The van der Waals surface area contributed by atoms with E-state index in [1.807, 2.05) is 31.2 Å². The van der Waals surface area contributed by atoms with E-state index < -0.39 is 0 Å². The Labute approximate surface area is 114 Å². The van der Waals surface area contributed by atoms with Gasteiger partial charge in [0.05, 0.1) is 5.75 Å². The van der Waals surface area contributed by atoms with Gasteiger partial charge in [-0.2, -0.15) is 5.10 Å². The Morgan fingerprint density at radius 1 is 1.53 bits per heavy atom. The lowest BCUT2D eigenvalue weighted by Crippen LogP contribution is -2.33. The molecule has 0 unspecified atom stereocenters. The topological polar surface area (TPSA) is 118 Å². The summed E-state index contributed by atoms with van der Waals surface area (Å²) in [6, 6.07) is 8.04. The molecular weight excluding hydrogens is 262 g/mol. The summed E-state index contributed by atoms with van der Waals surface area (Å²) in [6.07, 6.45) is 0. The summed E-state index contributed by atoms with van der Waals surface area (Å²) >= 11 is 1.39. The second-order valence-corrected chi connectivity index (χ2v) is 4.79. The number of nitrogens with one attached hydrogen (secondary N) is 2. The highest BCUT2D eigenvalue weighted by atomic mass is 32.2. The number of aryl methyl sites for hydroxylation is 1. The lowest BCUT2D eigenvalue weighted by Gasteiger charge is -2.00. The summed E-state index contributed by atoms with van der Waals surface area (Å²) in [5, 5.41) is 11.1. The van der Waals surface area contributed by atoms with Gasteiger partial charge < -0.3 is 11.3 Å². The van der Waals surface area contributed by atoms with Gasteiger partial charge in [0.1, 0.15) is 5.84 Å². The van der Waals surface area contributed by atoms with Crippen LogP contribution in [0.4, 0.5) is 0 Å². The first-order valence-electron chi connectivity index (χ1n) is 5.58. The van der Waals surface area contributed by atoms with Crippen molar-refractivity contribution in [3.05, 3.63) is 29.8 Å². The standard InChI is InChI=1S/C11H15N7S/c1-7-3-2-4-8(5-7)10-14-11(18-17-10)19-6-9(15-12)16-13/h2-5H,6,12-13H2,1H3,(H,15,16)(H,14,17,18). The van der Waals surface area contributed by atoms with E-state index in [2.05, 4.69) is 25.7 Å². The predicted molar refractivity (Wildman–Crippen MR) is 76.2 cm³/mol. The minimum atomic E-state index is 0.479. The zero-order valence-corrected chi connectivity index (χ0v) is 11.2. The normalized spacial score (nSPS) is 11.6. The fraction of sp³-hybridized carbons (Fsp3) is 0.182. The number of benzene rings is 1. The minimum absolute atomic E-state index is 0.479. The lowest BCUT2D eigenvalue weighted by molar-refractivity contribution is 0.970. The van der Waals surface area contributed by atoms with Gasteiger partial charge in [0.25, 0.3) is 0 Å². The third-order valence-corrected chi connectivity index (χ3v) is 3.28. The Bertz CT molecular complexity index is 578. The number of nitrogens with two attached hydrogens (primary N) is 2. The fourth-order valence-corrected chi connectivity index (χ4v) is 2.17. The maximum absolute atomic E-state index is 5.24. The fourth-order valence-electron chi connectivity index (χ4n) is 1.48. The van der Waals surface area contributed by atoms with Gasteiger partial charge in [-0.25, -0.2) is 10.8 Å². The Hall–Kier alpha value is -2.06. The molecule has 0 saturated heterocycles. The summed E-state index contributed by atoms with van der Waals surface area (Å²) in [6.45, 7) is 2.03. The van der Waals surface area contributed by atoms with E-state index >= 15 is 0 Å². The predicted octanol–water partition coefficient (Wildman–Crippen LogP) is 0.608. The van der Waals surface area contributed by atoms with Crippen LogP contribution in [0.3, 0.4) is 0 Å². The van der Waals surface area contributed by atoms with Crippen molar-refractivity contribution in [3.63, 3.8) is 0 Å². The Balaban J connectivity index is 2.07. The number of aromatic nitrogens is 3. The molecule has 0 fully saturated rings. The Morgan fingerprint density at radius 2 is 2.37 bits per heavy atom. The van der Waals surface area contributed by atoms with Crippen LogP contribution in [-0.2, 0) is 0 Å². The lowest BCUT2D eigenvalue weighted by atomic mass is 10.1. The van der Waals surface area contributed by atoms with Gasteiger partial charge in [0, 0.05) is 5.56 Å². The molecule has 0 spiro atoms. The van der Waals surface area contributed by atoms with Gasteiger partial charge in [-0.15, -0.1) is 5.10 Å². The maximum atomic E-state index is 5.24. The van der Waals surface area contributed by atoms with Crippen LogP contribution in [0.15, 0.2) is 34.5 Å². The summed E-state index contributed by atoms with van der Waals surface area (Å²) in [4.78, 5) is 4.39. The van der Waals surface area contributed by atoms with Crippen LogP contribution in [0.5, 0.6) is 0 Å². The van der Waals surface area contributed by atoms with E-state index in [1.165, 1.54) is 17.3 Å². The number of nitrogens with zero attached hydrogens (tertiary/aromatic N) is 3. The van der Waals surface area contributed by atoms with Crippen LogP contribution >= 0.6 is 11.8 Å². The van der Waals surface area contributed by atoms with Gasteiger partial charge in [-0.3, -0.25) is 5.10 Å². The van der Waals surface area contributed by atoms with Crippen LogP contribution in [0.1, 0.15) is 5.56 Å². The molecule has 2 rings (SSSR count). The highest BCUT2D eigenvalue weighted by Gasteiger charge is 2.07. The van der Waals surface area contributed by atoms with E-state index in [0.717, 1.165) is 11.4 Å². The molecule has 0 saturated carbocycles. The first-order valence-corrected chi connectivity index (χ1v) is 6.57. The molecule has 0 aliphatic rings. The molecule has 7 nitrogen and oxygen atoms in total. The molecule has 100 valence electrons. The molecule has 0 bridgehead atoms. The number of hydrogen-bond donors (Lipinski definition) is 4. The molecule has 19 heavy (non-hydrogen) atoms. The van der Waals surface area contributed by atoms with Gasteiger partial charge in [0.2, 0.25) is 5.16 Å². The summed E-state index contributed by atoms with van der Waals surface area (Å²) in [7, 11) is 0. The third-order valence-electron chi connectivity index (χ3n) is 2.42. The first-order chi connectivity index (χ1) is 9.22. The zero-order chi connectivity index (χ0) is 13.7. The SMILES string of the molecule is Cc1cccc(-c2nc(SC/C(=N/N)NN)n[nH]2)c1. The molecule has 0 aliphatic carbocycles. The molecule has 2 aromatic rings. The number of hydrazine groups is 1. The summed E-state index contributed by atoms with van der Waals surface area (Å²) in [5.41, 5.74) is 4.58. The highest BCUT2D eigenvalue weighted by molar-refractivity contribution is 7.99. The van der Waals surface area contributed by atoms with Crippen LogP contribution in [0.2, 0.25) is 0 Å². The molecular formula is C11H15N7S. The number of hydrazone groups is 1. The van der Waals surface area contributed by atoms with E-state index in [9.17, 15) is 0 Å². The zero-order valence-electron chi connectivity index (χ0n) is 10.4. The van der Waals surface area contributed by atoms with Crippen molar-refractivity contribution < 1.29 is 0 Å². The molecule has 1 aromatic carbocycles. The number of amidine groups is 1. The second-order valence-electron chi connectivity index (χ2n) is 3.84. The van der Waals surface area contributed by atoms with Crippen LogP contribution in [0, 0.1) is 6.92 Å². The number of H-pyrrole nitrogens is 1. The van der Waals surface area contributed by atoms with E-state index in [1.54, 1.807) is 0 Å². The van der Waals surface area contributed by atoms with Crippen molar-refractivity contribution in [1.82, 2.24) is 20.6 Å². The van der Waals surface area contributed by atoms with Crippen molar-refractivity contribution in [2.45, 2.75) is 12.1 Å². The highest BCUT2D eigenvalue weighted by Crippen LogP contribution is 2.19. The van der Waals surface area contributed by atoms with Crippen molar-refractivity contribution in [1.29, 1.82) is 0 Å². The van der Waals surface area contributed by atoms with Crippen molar-refractivity contribution in [2.24, 2.45) is 16.8 Å². The van der Waals surface area contributed by atoms with Crippen LogP contribution < -0.4 is 17.1 Å². The van der Waals surface area contributed by atoms with Crippen molar-refractivity contribution in [2.75, 3.05) is 5.75 Å². The number of hydrogen-bond acceptors (Lipinski definition) is 6.